The summed E-state index contributed by atoms with van der Waals surface area (Å²) in [6.07, 6.45) is 8.39. The van der Waals surface area contributed by atoms with Crippen LogP contribution < -0.4 is 30.5 Å². The van der Waals surface area contributed by atoms with Gasteiger partial charge in [0.2, 0.25) is 0 Å². The van der Waals surface area contributed by atoms with E-state index < -0.39 is 23.1 Å². The van der Waals surface area contributed by atoms with Crippen LogP contribution in [0.3, 0.4) is 0 Å². The number of amides is 1. The van der Waals surface area contributed by atoms with Crippen LogP contribution >= 0.6 is 0 Å². The Balaban J connectivity index is 1.45. The van der Waals surface area contributed by atoms with Gasteiger partial charge in [-0.2, -0.15) is 0 Å². The fourth-order valence-electron chi connectivity index (χ4n) is 6.34. The van der Waals surface area contributed by atoms with Gasteiger partial charge in [0.1, 0.15) is 35.3 Å². The second-order valence-corrected chi connectivity index (χ2v) is 12.7. The first-order valence-electron chi connectivity index (χ1n) is 17.3. The molecule has 9 nitrogen and oxygen atoms in total. The molecule has 0 atom stereocenters. The zero-order valence-electron chi connectivity index (χ0n) is 29.1. The normalized spacial score (nSPS) is 12.8. The number of nitrogens with zero attached hydrogens (tertiary/aromatic N) is 2. The van der Waals surface area contributed by atoms with Gasteiger partial charge in [0.05, 0.1) is 19.9 Å². The summed E-state index contributed by atoms with van der Waals surface area (Å²) >= 11 is 0. The molecule has 1 aliphatic rings. The van der Waals surface area contributed by atoms with E-state index >= 15 is 0 Å². The van der Waals surface area contributed by atoms with Crippen molar-refractivity contribution in [3.05, 3.63) is 129 Å². The summed E-state index contributed by atoms with van der Waals surface area (Å²) in [7, 11) is 3.09. The monoisotopic (exact) mass is 706 g/mol. The standard InChI is InChI=1S/C41H40F2N4O5/c1-50-33-19-17-31(36(22-33)51-2)25-44-38-34-20-29(15-9-14-27-10-5-3-6-11-27)23-45-39(34)47(52-26-28-12-7-4-8-13-28)41(49)37(38)40(48)46-24-30-16-18-32(42)21-35(30)43/h4,7-8,12-13,16-23,27,44H,3,5-6,10-11,14,24-26H2,1-2H3,(H,46,48). The molecule has 6 rings (SSSR count). The second kappa shape index (κ2) is 16.9. The third kappa shape index (κ3) is 8.52. The van der Waals surface area contributed by atoms with Crippen molar-refractivity contribution in [3.63, 3.8) is 0 Å². The molecule has 0 unspecified atom stereocenters. The molecular weight excluding hydrogens is 666 g/mol. The van der Waals surface area contributed by atoms with E-state index in [1.807, 2.05) is 36.4 Å². The molecular formula is C41H40F2N4O5. The molecule has 1 saturated carbocycles. The van der Waals surface area contributed by atoms with Crippen molar-refractivity contribution in [1.29, 1.82) is 0 Å². The lowest BCUT2D eigenvalue weighted by Crippen LogP contribution is -2.37. The fourth-order valence-corrected chi connectivity index (χ4v) is 6.34. The van der Waals surface area contributed by atoms with E-state index in [1.54, 1.807) is 31.5 Å². The molecule has 1 fully saturated rings. The molecule has 1 amide bonds. The number of hydrogen-bond acceptors (Lipinski definition) is 7. The van der Waals surface area contributed by atoms with Gasteiger partial charge in [0.15, 0.2) is 5.65 Å². The average Bonchev–Trinajstić information content (AvgIpc) is 3.17. The van der Waals surface area contributed by atoms with Gasteiger partial charge in [-0.15, -0.1) is 4.73 Å². The Hall–Kier alpha value is -5.89. The molecule has 52 heavy (non-hydrogen) atoms. The number of carbonyl (C=O) groups excluding carboxylic acids is 1. The Morgan fingerprint density at radius 3 is 2.48 bits per heavy atom. The Kier molecular flexibility index (Phi) is 11.7. The van der Waals surface area contributed by atoms with Crippen molar-refractivity contribution in [3.8, 4) is 23.3 Å². The highest BCUT2D eigenvalue weighted by molar-refractivity contribution is 6.06. The second-order valence-electron chi connectivity index (χ2n) is 12.7. The maximum Gasteiger partial charge on any atom is 0.300 e. The molecule has 0 saturated heterocycles. The lowest BCUT2D eigenvalue weighted by atomic mass is 9.87. The van der Waals surface area contributed by atoms with Crippen LogP contribution in [0.1, 0.15) is 71.1 Å². The maximum atomic E-state index is 14.6. The van der Waals surface area contributed by atoms with Gasteiger partial charge in [-0.3, -0.25) is 9.59 Å². The highest BCUT2D eigenvalue weighted by atomic mass is 19.1. The molecule has 0 radical (unpaired) electrons. The predicted molar refractivity (Wildman–Crippen MR) is 195 cm³/mol. The van der Waals surface area contributed by atoms with Crippen molar-refractivity contribution < 1.29 is 27.9 Å². The molecule has 11 heteroatoms. The van der Waals surface area contributed by atoms with Gasteiger partial charge in [0.25, 0.3) is 11.5 Å². The van der Waals surface area contributed by atoms with Crippen LogP contribution in [0.4, 0.5) is 14.5 Å². The first kappa shape index (κ1) is 35.9. The third-order valence-electron chi connectivity index (χ3n) is 9.16. The smallest absolute Gasteiger partial charge is 0.300 e. The van der Waals surface area contributed by atoms with Crippen LogP contribution in [0.5, 0.6) is 11.5 Å². The third-order valence-corrected chi connectivity index (χ3v) is 9.16. The van der Waals surface area contributed by atoms with Crippen molar-refractivity contribution in [1.82, 2.24) is 15.0 Å². The highest BCUT2D eigenvalue weighted by Gasteiger charge is 2.25. The number of nitrogens with one attached hydrogen (secondary N) is 2. The minimum absolute atomic E-state index is 0.0120. The lowest BCUT2D eigenvalue weighted by molar-refractivity contribution is 0.0898. The Bertz CT molecular complexity index is 2170. The van der Waals surface area contributed by atoms with E-state index in [9.17, 15) is 18.4 Å². The van der Waals surface area contributed by atoms with Gasteiger partial charge in [-0.1, -0.05) is 67.5 Å². The fraction of sp³-hybridized carbons (Fsp3) is 0.293. The van der Waals surface area contributed by atoms with E-state index in [0.29, 0.717) is 28.4 Å². The number of rotatable bonds is 12. The Labute approximate surface area is 300 Å². The average molecular weight is 707 g/mol. The van der Waals surface area contributed by atoms with Crippen LogP contribution in [0.15, 0.2) is 83.8 Å². The molecule has 3 aromatic carbocycles. The Morgan fingerprint density at radius 2 is 1.73 bits per heavy atom. The van der Waals surface area contributed by atoms with Crippen molar-refractivity contribution in [2.45, 2.75) is 58.2 Å². The number of benzene rings is 3. The predicted octanol–water partition coefficient (Wildman–Crippen LogP) is 7.18. The highest BCUT2D eigenvalue weighted by Crippen LogP contribution is 2.30. The first-order chi connectivity index (χ1) is 25.3. The van der Waals surface area contributed by atoms with Crippen LogP contribution in [0.2, 0.25) is 0 Å². The van der Waals surface area contributed by atoms with Crippen LogP contribution in [0, 0.1) is 29.4 Å². The van der Waals surface area contributed by atoms with Crippen LogP contribution in [-0.2, 0) is 19.7 Å². The number of pyridine rings is 2. The summed E-state index contributed by atoms with van der Waals surface area (Å²) in [6, 6.07) is 19.5. The summed E-state index contributed by atoms with van der Waals surface area (Å²) in [5.41, 5.74) is 1.43. The van der Waals surface area contributed by atoms with Crippen LogP contribution in [0.25, 0.3) is 11.0 Å². The largest absolute Gasteiger partial charge is 0.497 e. The minimum atomic E-state index is -0.826. The summed E-state index contributed by atoms with van der Waals surface area (Å²) < 4.78 is 40.1. The number of anilines is 1. The molecule has 1 aliphatic carbocycles. The van der Waals surface area contributed by atoms with Gasteiger partial charge in [0, 0.05) is 59.9 Å². The zero-order valence-corrected chi connectivity index (χ0v) is 29.1. The molecule has 2 N–H and O–H groups in total. The Morgan fingerprint density at radius 1 is 0.942 bits per heavy atom. The maximum absolute atomic E-state index is 14.6. The van der Waals surface area contributed by atoms with Crippen molar-refractivity contribution >= 4 is 22.6 Å². The summed E-state index contributed by atoms with van der Waals surface area (Å²) in [4.78, 5) is 39.1. The van der Waals surface area contributed by atoms with Gasteiger partial charge in [-0.25, -0.2) is 13.8 Å². The number of carbonyl (C=O) groups is 1. The van der Waals surface area contributed by atoms with Gasteiger partial charge >= 0.3 is 0 Å². The zero-order chi connectivity index (χ0) is 36.5. The van der Waals surface area contributed by atoms with Crippen LogP contribution in [-0.4, -0.2) is 29.8 Å². The molecule has 2 aromatic heterocycles. The van der Waals surface area contributed by atoms with Crippen molar-refractivity contribution in [2.24, 2.45) is 5.92 Å². The lowest BCUT2D eigenvalue weighted by Gasteiger charge is -2.19. The number of methoxy groups -OCH3 is 2. The number of aromatic nitrogens is 2. The van der Waals surface area contributed by atoms with E-state index in [-0.39, 0.29) is 42.2 Å². The first-order valence-corrected chi connectivity index (χ1v) is 17.3. The minimum Gasteiger partial charge on any atom is -0.497 e. The number of fused-ring (bicyclic) bond motifs is 1. The van der Waals surface area contributed by atoms with Gasteiger partial charge in [-0.05, 0) is 48.6 Å². The summed E-state index contributed by atoms with van der Waals surface area (Å²) in [5.74, 6) is 5.87. The molecule has 5 aromatic rings. The summed E-state index contributed by atoms with van der Waals surface area (Å²) in [6.45, 7) is -0.150. The van der Waals surface area contributed by atoms with E-state index in [0.717, 1.165) is 34.4 Å². The SMILES string of the molecule is COc1ccc(CNc2c(C(=O)NCc3ccc(F)cc3F)c(=O)n(OCc3ccccc3)c3ncc(C#CCC4CCCCC4)cc23)c(OC)c1. The molecule has 0 spiro atoms. The van der Waals surface area contributed by atoms with E-state index in [2.05, 4.69) is 27.5 Å². The van der Waals surface area contributed by atoms with E-state index in [1.165, 1.54) is 45.3 Å². The van der Waals surface area contributed by atoms with Gasteiger partial charge < -0.3 is 24.9 Å². The quantitative estimate of drug-likeness (QED) is 0.133. The molecule has 268 valence electrons. The summed E-state index contributed by atoms with van der Waals surface area (Å²) in [5, 5.41) is 6.35. The van der Waals surface area contributed by atoms with E-state index in [4.69, 9.17) is 14.3 Å². The van der Waals surface area contributed by atoms with Crippen molar-refractivity contribution in [2.75, 3.05) is 19.5 Å². The molecule has 0 aliphatic heterocycles. The number of halogens is 2. The topological polar surface area (TPSA) is 104 Å². The number of hydrogen-bond donors (Lipinski definition) is 2. The molecule has 0 bridgehead atoms. The molecule has 2 heterocycles. The number of ether oxygens (including phenoxy) is 2.